The second-order valence-corrected chi connectivity index (χ2v) is 8.68. The van der Waals surface area contributed by atoms with Crippen molar-refractivity contribution in [3.05, 3.63) is 35.7 Å². The molecule has 0 radical (unpaired) electrons. The maximum atomic E-state index is 13.5. The van der Waals surface area contributed by atoms with Crippen LogP contribution in [0, 0.1) is 17.6 Å². The Hall–Kier alpha value is -1.76. The molecule has 0 aliphatic carbocycles. The first-order valence-corrected chi connectivity index (χ1v) is 11.6. The highest BCUT2D eigenvalue weighted by atomic mass is 127. The summed E-state index contributed by atoms with van der Waals surface area (Å²) in [7, 11) is 1.81. The number of aromatic nitrogens is 2. The van der Waals surface area contributed by atoms with E-state index in [1.165, 1.54) is 23.7 Å². The number of aliphatic imine (C=N–C) groups is 1. The van der Waals surface area contributed by atoms with Crippen molar-refractivity contribution in [3.8, 4) is 0 Å². The number of hydrogen-bond acceptors (Lipinski definition) is 6. The first kappa shape index (κ1) is 24.9. The number of benzene rings is 1. The van der Waals surface area contributed by atoms with Gasteiger partial charge in [0.15, 0.2) is 17.6 Å². The van der Waals surface area contributed by atoms with Gasteiger partial charge < -0.3 is 20.0 Å². The van der Waals surface area contributed by atoms with Crippen molar-refractivity contribution in [3.63, 3.8) is 0 Å². The molecule has 176 valence electrons. The first-order chi connectivity index (χ1) is 15.1. The molecule has 2 fully saturated rings. The number of aryl methyl sites for hydroxylation is 1. The van der Waals surface area contributed by atoms with Gasteiger partial charge >= 0.3 is 0 Å². The number of piperazine rings is 1. The molecule has 0 amide bonds. The molecule has 3 heterocycles. The van der Waals surface area contributed by atoms with Crippen LogP contribution in [0.5, 0.6) is 0 Å². The molecule has 0 spiro atoms. The van der Waals surface area contributed by atoms with E-state index in [0.29, 0.717) is 5.92 Å². The zero-order valence-electron chi connectivity index (χ0n) is 18.4. The van der Waals surface area contributed by atoms with Crippen molar-refractivity contribution < 1.29 is 8.78 Å². The Bertz CT molecular complexity index is 917. The van der Waals surface area contributed by atoms with E-state index in [1.54, 1.807) is 6.07 Å². The predicted octanol–water partition coefficient (Wildman–Crippen LogP) is 3.22. The van der Waals surface area contributed by atoms with Crippen LogP contribution in [-0.4, -0.2) is 73.1 Å². The lowest BCUT2D eigenvalue weighted by molar-refractivity contribution is 0.369. The van der Waals surface area contributed by atoms with Gasteiger partial charge in [-0.25, -0.2) is 13.8 Å². The second-order valence-electron chi connectivity index (χ2n) is 7.95. The summed E-state index contributed by atoms with van der Waals surface area (Å²) < 4.78 is 31.1. The maximum Gasteiger partial charge on any atom is 0.205 e. The van der Waals surface area contributed by atoms with E-state index in [2.05, 4.69) is 41.3 Å². The van der Waals surface area contributed by atoms with Gasteiger partial charge in [-0.3, -0.25) is 4.99 Å². The minimum Gasteiger partial charge on any atom is -0.371 e. The lowest BCUT2D eigenvalue weighted by atomic mass is 10.1. The van der Waals surface area contributed by atoms with Gasteiger partial charge in [0.05, 0.1) is 0 Å². The van der Waals surface area contributed by atoms with E-state index >= 15 is 0 Å². The lowest BCUT2D eigenvalue weighted by Crippen LogP contribution is -2.53. The van der Waals surface area contributed by atoms with Crippen molar-refractivity contribution >= 4 is 52.3 Å². The highest BCUT2D eigenvalue weighted by molar-refractivity contribution is 14.0. The number of halogens is 3. The van der Waals surface area contributed by atoms with E-state index in [0.717, 1.165) is 81.3 Å². The molecule has 0 saturated carbocycles. The topological polar surface area (TPSA) is 59.9 Å². The summed E-state index contributed by atoms with van der Waals surface area (Å²) in [6.07, 6.45) is 1.87. The third-order valence-corrected chi connectivity index (χ3v) is 6.75. The highest BCUT2D eigenvalue weighted by Gasteiger charge is 2.26. The Balaban J connectivity index is 0.00000289. The van der Waals surface area contributed by atoms with Gasteiger partial charge in [-0.1, -0.05) is 6.92 Å². The quantitative estimate of drug-likeness (QED) is 0.335. The first-order valence-electron chi connectivity index (χ1n) is 10.8. The Kier molecular flexibility index (Phi) is 8.86. The van der Waals surface area contributed by atoms with E-state index in [9.17, 15) is 8.78 Å². The summed E-state index contributed by atoms with van der Waals surface area (Å²) in [4.78, 5) is 15.7. The fraction of sp³-hybridized carbons (Fsp3) is 0.571. The van der Waals surface area contributed by atoms with Gasteiger partial charge in [-0.05, 0) is 24.5 Å². The van der Waals surface area contributed by atoms with Crippen LogP contribution in [0.25, 0.3) is 0 Å². The molecule has 1 atom stereocenters. The van der Waals surface area contributed by atoms with Gasteiger partial charge in [-0.2, -0.15) is 4.37 Å². The number of nitrogens with zero attached hydrogens (tertiary/aromatic N) is 6. The van der Waals surface area contributed by atoms with Crippen molar-refractivity contribution in [1.29, 1.82) is 0 Å². The molecular formula is C21H30F2IN7S. The van der Waals surface area contributed by atoms with Gasteiger partial charge in [0.1, 0.15) is 5.82 Å². The number of hydrogen-bond donors (Lipinski definition) is 1. The molecule has 0 bridgehead atoms. The van der Waals surface area contributed by atoms with Crippen LogP contribution in [0.15, 0.2) is 23.2 Å². The minimum absolute atomic E-state index is 0. The molecule has 1 aromatic carbocycles. The molecule has 2 saturated heterocycles. The second kappa shape index (κ2) is 11.4. The Morgan fingerprint density at radius 3 is 2.59 bits per heavy atom. The molecule has 1 unspecified atom stereocenters. The predicted molar refractivity (Wildman–Crippen MR) is 137 cm³/mol. The fourth-order valence-electron chi connectivity index (χ4n) is 4.11. The third kappa shape index (κ3) is 5.77. The third-order valence-electron chi connectivity index (χ3n) is 5.94. The molecule has 7 nitrogen and oxygen atoms in total. The monoisotopic (exact) mass is 577 g/mol. The van der Waals surface area contributed by atoms with Crippen molar-refractivity contribution in [2.45, 2.75) is 19.8 Å². The average molecular weight is 577 g/mol. The Morgan fingerprint density at radius 2 is 1.94 bits per heavy atom. The summed E-state index contributed by atoms with van der Waals surface area (Å²) in [6, 6.07) is 4.13. The van der Waals surface area contributed by atoms with Crippen LogP contribution in [0.1, 0.15) is 19.2 Å². The molecule has 4 rings (SSSR count). The maximum absolute atomic E-state index is 13.5. The van der Waals surface area contributed by atoms with Crippen LogP contribution >= 0.6 is 35.5 Å². The number of anilines is 2. The van der Waals surface area contributed by atoms with Crippen molar-refractivity contribution in [1.82, 2.24) is 19.6 Å². The molecular weight excluding hydrogens is 547 g/mol. The lowest BCUT2D eigenvalue weighted by Gasteiger charge is -2.36. The SMILES string of the molecule is CCc1nsc(N2CCN(C(=NC)NCC3CCN(c4ccc(F)c(F)c4)C3)CC2)n1.I. The molecule has 2 aromatic rings. The van der Waals surface area contributed by atoms with Crippen LogP contribution in [0.3, 0.4) is 0 Å². The molecule has 11 heteroatoms. The summed E-state index contributed by atoms with van der Waals surface area (Å²) in [5.74, 6) is 0.659. The van der Waals surface area contributed by atoms with Crippen LogP contribution in [0.4, 0.5) is 19.6 Å². The van der Waals surface area contributed by atoms with Crippen molar-refractivity contribution in [2.75, 3.05) is 62.7 Å². The minimum atomic E-state index is -0.804. The smallest absolute Gasteiger partial charge is 0.205 e. The normalized spacial score (nSPS) is 19.3. The zero-order chi connectivity index (χ0) is 21.8. The molecule has 32 heavy (non-hydrogen) atoms. The van der Waals surface area contributed by atoms with Crippen molar-refractivity contribution in [2.24, 2.45) is 10.9 Å². The molecule has 2 aliphatic heterocycles. The fourth-order valence-corrected chi connectivity index (χ4v) is 4.91. The number of nitrogens with one attached hydrogen (secondary N) is 1. The number of rotatable bonds is 5. The van der Waals surface area contributed by atoms with Crippen LogP contribution in [0.2, 0.25) is 0 Å². The van der Waals surface area contributed by atoms with Crippen LogP contribution in [-0.2, 0) is 6.42 Å². The number of guanidine groups is 1. The Labute approximate surface area is 209 Å². The van der Waals surface area contributed by atoms with E-state index < -0.39 is 11.6 Å². The summed E-state index contributed by atoms with van der Waals surface area (Å²) in [5, 5.41) is 4.52. The molecule has 1 N–H and O–H groups in total. The average Bonchev–Trinajstić information content (AvgIpc) is 3.46. The summed E-state index contributed by atoms with van der Waals surface area (Å²) in [6.45, 7) is 8.09. The van der Waals surface area contributed by atoms with Gasteiger partial charge in [-0.15, -0.1) is 24.0 Å². The summed E-state index contributed by atoms with van der Waals surface area (Å²) in [5.41, 5.74) is 0.741. The largest absolute Gasteiger partial charge is 0.371 e. The van der Waals surface area contributed by atoms with Gasteiger partial charge in [0, 0.05) is 82.6 Å². The van der Waals surface area contributed by atoms with Gasteiger partial charge in [0.2, 0.25) is 5.13 Å². The standard InChI is InChI=1S/C21H29F2N7S.HI/c1-3-19-26-21(31-27-19)29-10-8-28(9-11-29)20(24-2)25-13-15-6-7-30(14-15)16-4-5-17(22)18(23)12-16;/h4-5,12,15H,3,6-11,13-14H2,1-2H3,(H,24,25);1H. The van der Waals surface area contributed by atoms with Gasteiger partial charge in [0.25, 0.3) is 0 Å². The Morgan fingerprint density at radius 1 is 1.16 bits per heavy atom. The van der Waals surface area contributed by atoms with E-state index in [-0.39, 0.29) is 24.0 Å². The molecule has 2 aliphatic rings. The highest BCUT2D eigenvalue weighted by Crippen LogP contribution is 2.25. The van der Waals surface area contributed by atoms with E-state index in [1.807, 2.05) is 7.05 Å². The van der Waals surface area contributed by atoms with E-state index in [4.69, 9.17) is 0 Å². The van der Waals surface area contributed by atoms with Crippen LogP contribution < -0.4 is 15.1 Å². The zero-order valence-corrected chi connectivity index (χ0v) is 21.6. The molecule has 1 aromatic heterocycles. The summed E-state index contributed by atoms with van der Waals surface area (Å²) >= 11 is 1.47.